The molecule has 0 aromatic rings. The van der Waals surface area contributed by atoms with Gasteiger partial charge < -0.3 is 20.4 Å². The van der Waals surface area contributed by atoms with E-state index in [9.17, 15) is 14.7 Å². The second-order valence-electron chi connectivity index (χ2n) is 5.69. The van der Waals surface area contributed by atoms with E-state index < -0.39 is 12.1 Å². The minimum absolute atomic E-state index is 0.00419. The third-order valence-electron chi connectivity index (χ3n) is 3.71. The Bertz CT molecular complexity index is 333. The number of hydrogen-bond donors (Lipinski definition) is 3. The predicted octanol–water partition coefficient (Wildman–Crippen LogP) is 1.57. The van der Waals surface area contributed by atoms with Crippen molar-refractivity contribution in [2.75, 3.05) is 6.54 Å². The quantitative estimate of drug-likeness (QED) is 0.691. The highest BCUT2D eigenvalue weighted by molar-refractivity contribution is 5.75. The van der Waals surface area contributed by atoms with Gasteiger partial charge in [-0.2, -0.15) is 0 Å². The second kappa shape index (κ2) is 8.09. The molecule has 1 aliphatic carbocycles. The van der Waals surface area contributed by atoms with Crippen molar-refractivity contribution >= 4 is 12.0 Å². The summed E-state index contributed by atoms with van der Waals surface area (Å²) in [6.45, 7) is 4.22. The third kappa shape index (κ3) is 5.36. The molecule has 0 bridgehead atoms. The Labute approximate surface area is 120 Å². The molecule has 1 aliphatic rings. The van der Waals surface area contributed by atoms with Crippen LogP contribution in [0.15, 0.2) is 0 Å². The maximum atomic E-state index is 12.2. The third-order valence-corrected chi connectivity index (χ3v) is 3.71. The highest BCUT2D eigenvalue weighted by Gasteiger charge is 2.27. The highest BCUT2D eigenvalue weighted by atomic mass is 16.4. The Morgan fingerprint density at radius 3 is 2.50 bits per heavy atom. The Kier molecular flexibility index (Phi) is 6.78. The summed E-state index contributed by atoms with van der Waals surface area (Å²) in [6.07, 6.45) is 3.57. The first-order valence-corrected chi connectivity index (χ1v) is 7.38. The molecular formula is C14H26N2O4. The van der Waals surface area contributed by atoms with Crippen LogP contribution in [0.5, 0.6) is 0 Å². The number of nitrogens with one attached hydrogen (secondary N) is 1. The summed E-state index contributed by atoms with van der Waals surface area (Å²) in [5.41, 5.74) is 0. The molecule has 0 aromatic heterocycles. The lowest BCUT2D eigenvalue weighted by Gasteiger charge is -2.33. The van der Waals surface area contributed by atoms with Crippen LogP contribution in [-0.2, 0) is 4.79 Å². The molecule has 0 spiro atoms. The van der Waals surface area contributed by atoms with Gasteiger partial charge in [0.2, 0.25) is 0 Å². The summed E-state index contributed by atoms with van der Waals surface area (Å²) < 4.78 is 0. The molecule has 2 unspecified atom stereocenters. The monoisotopic (exact) mass is 286 g/mol. The van der Waals surface area contributed by atoms with Crippen molar-refractivity contribution in [3.05, 3.63) is 0 Å². The van der Waals surface area contributed by atoms with E-state index in [4.69, 9.17) is 5.11 Å². The Morgan fingerprint density at radius 1 is 1.30 bits per heavy atom. The zero-order chi connectivity index (χ0) is 15.1. The number of aliphatic hydroxyl groups is 1. The molecule has 0 saturated heterocycles. The van der Waals surface area contributed by atoms with Gasteiger partial charge in [0.05, 0.1) is 12.1 Å². The average molecular weight is 286 g/mol. The Balaban J connectivity index is 2.48. The number of amides is 2. The molecule has 1 fully saturated rings. The van der Waals surface area contributed by atoms with Gasteiger partial charge in [-0.15, -0.1) is 0 Å². The van der Waals surface area contributed by atoms with E-state index in [2.05, 4.69) is 5.32 Å². The van der Waals surface area contributed by atoms with Gasteiger partial charge in [-0.25, -0.2) is 4.79 Å². The van der Waals surface area contributed by atoms with Crippen molar-refractivity contribution in [2.24, 2.45) is 0 Å². The second-order valence-corrected chi connectivity index (χ2v) is 5.69. The maximum Gasteiger partial charge on any atom is 0.317 e. The van der Waals surface area contributed by atoms with Crippen LogP contribution >= 0.6 is 0 Å². The van der Waals surface area contributed by atoms with Crippen LogP contribution in [0.1, 0.15) is 52.4 Å². The summed E-state index contributed by atoms with van der Waals surface area (Å²) in [5.74, 6) is -0.850. The number of hydrogen-bond acceptors (Lipinski definition) is 3. The van der Waals surface area contributed by atoms with Gasteiger partial charge in [0, 0.05) is 19.0 Å². The van der Waals surface area contributed by atoms with Crippen LogP contribution in [0, 0.1) is 0 Å². The number of carbonyl (C=O) groups is 2. The number of nitrogens with zero attached hydrogens (tertiary/aromatic N) is 1. The van der Waals surface area contributed by atoms with E-state index in [1.54, 1.807) is 4.90 Å². The molecule has 0 aromatic carbocycles. The van der Waals surface area contributed by atoms with Gasteiger partial charge in [0.15, 0.2) is 0 Å². The van der Waals surface area contributed by atoms with E-state index >= 15 is 0 Å². The largest absolute Gasteiger partial charge is 0.481 e. The topological polar surface area (TPSA) is 89.9 Å². The van der Waals surface area contributed by atoms with Gasteiger partial charge in [-0.05, 0) is 33.1 Å². The van der Waals surface area contributed by atoms with Crippen molar-refractivity contribution in [3.63, 3.8) is 0 Å². The fourth-order valence-electron chi connectivity index (χ4n) is 2.52. The molecule has 1 rings (SSSR count). The summed E-state index contributed by atoms with van der Waals surface area (Å²) in [4.78, 5) is 24.4. The summed E-state index contributed by atoms with van der Waals surface area (Å²) >= 11 is 0. The summed E-state index contributed by atoms with van der Waals surface area (Å²) in [7, 11) is 0. The molecule has 2 atom stereocenters. The molecular weight excluding hydrogens is 260 g/mol. The highest BCUT2D eigenvalue weighted by Crippen LogP contribution is 2.18. The first-order valence-electron chi connectivity index (χ1n) is 7.38. The molecule has 116 valence electrons. The van der Waals surface area contributed by atoms with Crippen molar-refractivity contribution in [1.82, 2.24) is 10.2 Å². The SMILES string of the molecule is CC(C)N(CCCC(=O)O)C(=O)NC1CCCCC1O. The minimum Gasteiger partial charge on any atom is -0.481 e. The van der Waals surface area contributed by atoms with Crippen molar-refractivity contribution in [3.8, 4) is 0 Å². The normalized spacial score (nSPS) is 22.6. The first kappa shape index (κ1) is 16.8. The number of aliphatic hydroxyl groups excluding tert-OH is 1. The molecule has 0 radical (unpaired) electrons. The number of carboxylic acids is 1. The lowest BCUT2D eigenvalue weighted by molar-refractivity contribution is -0.137. The molecule has 0 heterocycles. The standard InChI is InChI=1S/C14H26N2O4/c1-10(2)16(9-5-8-13(18)19)14(20)15-11-6-3-4-7-12(11)17/h10-12,17H,3-9H2,1-2H3,(H,15,20)(H,18,19). The van der Waals surface area contributed by atoms with Crippen LogP contribution in [0.25, 0.3) is 0 Å². The fraction of sp³-hybridized carbons (Fsp3) is 0.857. The zero-order valence-electron chi connectivity index (χ0n) is 12.3. The average Bonchev–Trinajstić information content (AvgIpc) is 2.36. The Hall–Kier alpha value is -1.30. The van der Waals surface area contributed by atoms with E-state index in [1.165, 1.54) is 0 Å². The van der Waals surface area contributed by atoms with Gasteiger partial charge in [0.25, 0.3) is 0 Å². The van der Waals surface area contributed by atoms with E-state index in [-0.39, 0.29) is 24.5 Å². The molecule has 6 heteroatoms. The van der Waals surface area contributed by atoms with E-state index in [1.807, 2.05) is 13.8 Å². The number of aliphatic carboxylic acids is 1. The van der Waals surface area contributed by atoms with Crippen LogP contribution in [0.3, 0.4) is 0 Å². The minimum atomic E-state index is -0.850. The number of rotatable bonds is 6. The van der Waals surface area contributed by atoms with Gasteiger partial charge >= 0.3 is 12.0 Å². The van der Waals surface area contributed by atoms with Crippen molar-refractivity contribution in [2.45, 2.75) is 70.6 Å². The molecule has 0 aliphatic heterocycles. The smallest absolute Gasteiger partial charge is 0.317 e. The van der Waals surface area contributed by atoms with Gasteiger partial charge in [0.1, 0.15) is 0 Å². The lowest BCUT2D eigenvalue weighted by Crippen LogP contribution is -2.52. The van der Waals surface area contributed by atoms with Gasteiger partial charge in [-0.3, -0.25) is 4.79 Å². The van der Waals surface area contributed by atoms with E-state index in [0.29, 0.717) is 13.0 Å². The molecule has 3 N–H and O–H groups in total. The first-order chi connectivity index (χ1) is 9.41. The van der Waals surface area contributed by atoms with Crippen molar-refractivity contribution < 1.29 is 19.8 Å². The van der Waals surface area contributed by atoms with Crippen LogP contribution in [0.2, 0.25) is 0 Å². The zero-order valence-corrected chi connectivity index (χ0v) is 12.3. The lowest BCUT2D eigenvalue weighted by atomic mass is 9.93. The number of urea groups is 1. The van der Waals surface area contributed by atoms with Crippen LogP contribution < -0.4 is 5.32 Å². The van der Waals surface area contributed by atoms with Gasteiger partial charge in [-0.1, -0.05) is 12.8 Å². The van der Waals surface area contributed by atoms with Crippen molar-refractivity contribution in [1.29, 1.82) is 0 Å². The van der Waals surface area contributed by atoms with Crippen LogP contribution in [-0.4, -0.2) is 51.8 Å². The van der Waals surface area contributed by atoms with E-state index in [0.717, 1.165) is 25.7 Å². The molecule has 20 heavy (non-hydrogen) atoms. The number of carboxylic acid groups (broad SMARTS) is 1. The Morgan fingerprint density at radius 2 is 1.95 bits per heavy atom. The summed E-state index contributed by atoms with van der Waals surface area (Å²) in [6, 6.07) is -0.391. The molecule has 1 saturated carbocycles. The fourth-order valence-corrected chi connectivity index (χ4v) is 2.52. The summed E-state index contributed by atoms with van der Waals surface area (Å²) in [5, 5.41) is 21.4. The maximum absolute atomic E-state index is 12.2. The number of carbonyl (C=O) groups excluding carboxylic acids is 1. The molecule has 6 nitrogen and oxygen atoms in total. The predicted molar refractivity (Wildman–Crippen MR) is 75.5 cm³/mol. The van der Waals surface area contributed by atoms with Crippen LogP contribution in [0.4, 0.5) is 4.79 Å². The molecule has 2 amide bonds.